The van der Waals surface area contributed by atoms with Crippen LogP contribution in [-0.4, -0.2) is 49.1 Å². The van der Waals surface area contributed by atoms with Crippen LogP contribution in [0.4, 0.5) is 22.7 Å². The predicted molar refractivity (Wildman–Crippen MR) is 138 cm³/mol. The monoisotopic (exact) mass is 550 g/mol. The molecule has 3 atom stereocenters. The van der Waals surface area contributed by atoms with Gasteiger partial charge in [-0.05, 0) is 30.3 Å². The maximum Gasteiger partial charge on any atom is 0.271 e. The molecular weight excluding hydrogens is 528 g/mol. The molecule has 2 aliphatic rings. The lowest BCUT2D eigenvalue weighted by Gasteiger charge is -2.30. The first-order chi connectivity index (χ1) is 19.2. The van der Waals surface area contributed by atoms with Gasteiger partial charge < -0.3 is 14.2 Å². The van der Waals surface area contributed by atoms with Crippen LogP contribution in [0.5, 0.6) is 17.2 Å². The second-order valence-electron chi connectivity index (χ2n) is 8.81. The fraction of sp³-hybridized carbons (Fsp3) is 0.231. The SMILES string of the molecule is COc1ccc([C@H]2[C@H]3C(=O)N(c4ccc([N+](=O)[O-])cc4)C(=O)[C@@H]3ON2c2cccc([N+](=O)[O-])c2)c(OC)c1OC. The van der Waals surface area contributed by atoms with Gasteiger partial charge in [-0.15, -0.1) is 0 Å². The molecule has 0 unspecified atom stereocenters. The third kappa shape index (κ3) is 4.10. The molecular formula is C26H22N4O10. The standard InChI is InChI=1S/C26H22N4O10/c1-37-19-12-11-18(22(38-2)23(19)39-3)21-20-24(40-28(21)16-5-4-6-17(13-16)30(35)36)26(32)27(25(20)31)14-7-9-15(10-8-14)29(33)34/h4-13,20-21,24H,1-3H3/t20-,21+,24-/m1/s1. The molecule has 2 amide bonds. The number of imide groups is 1. The summed E-state index contributed by atoms with van der Waals surface area (Å²) in [5, 5.41) is 23.8. The third-order valence-corrected chi connectivity index (χ3v) is 6.78. The van der Waals surface area contributed by atoms with Crippen LogP contribution in [0.15, 0.2) is 60.7 Å². The van der Waals surface area contributed by atoms with Crippen LogP contribution in [0, 0.1) is 26.1 Å². The van der Waals surface area contributed by atoms with Crippen molar-refractivity contribution in [3.05, 3.63) is 86.5 Å². The van der Waals surface area contributed by atoms with Crippen molar-refractivity contribution >= 4 is 34.6 Å². The van der Waals surface area contributed by atoms with Gasteiger partial charge >= 0.3 is 0 Å². The number of hydrogen-bond donors (Lipinski definition) is 0. The first-order valence-corrected chi connectivity index (χ1v) is 11.8. The van der Waals surface area contributed by atoms with Gasteiger partial charge in [0.25, 0.3) is 17.3 Å². The van der Waals surface area contributed by atoms with Gasteiger partial charge in [-0.3, -0.25) is 34.7 Å². The molecule has 14 heteroatoms. The van der Waals surface area contributed by atoms with Crippen LogP contribution in [-0.2, 0) is 14.4 Å². The zero-order valence-electron chi connectivity index (χ0n) is 21.4. The molecule has 0 aliphatic carbocycles. The largest absolute Gasteiger partial charge is 0.493 e. The van der Waals surface area contributed by atoms with Gasteiger partial charge in [0.15, 0.2) is 17.6 Å². The van der Waals surface area contributed by atoms with Gasteiger partial charge in [0.1, 0.15) is 12.0 Å². The number of hydroxylamine groups is 1. The van der Waals surface area contributed by atoms with E-state index in [-0.39, 0.29) is 34.2 Å². The average molecular weight is 550 g/mol. The number of anilines is 2. The van der Waals surface area contributed by atoms with E-state index in [9.17, 15) is 29.8 Å². The molecule has 2 saturated heterocycles. The van der Waals surface area contributed by atoms with E-state index >= 15 is 0 Å². The number of ether oxygens (including phenoxy) is 3. The summed E-state index contributed by atoms with van der Waals surface area (Å²) in [5.41, 5.74) is 0.336. The fourth-order valence-electron chi connectivity index (χ4n) is 5.03. The van der Waals surface area contributed by atoms with Crippen LogP contribution in [0.2, 0.25) is 0 Å². The van der Waals surface area contributed by atoms with Crippen molar-refractivity contribution in [2.45, 2.75) is 12.1 Å². The number of non-ortho nitro benzene ring substituents is 2. The molecule has 5 rings (SSSR count). The van der Waals surface area contributed by atoms with Gasteiger partial charge in [-0.25, -0.2) is 9.96 Å². The molecule has 0 spiro atoms. The molecule has 0 saturated carbocycles. The Hall–Kier alpha value is -5.24. The number of nitro benzene ring substituents is 2. The lowest BCUT2D eigenvalue weighted by Crippen LogP contribution is -2.37. The van der Waals surface area contributed by atoms with Crippen LogP contribution in [0.3, 0.4) is 0 Å². The number of hydrogen-bond acceptors (Lipinski definition) is 11. The first kappa shape index (κ1) is 26.4. The van der Waals surface area contributed by atoms with Crippen LogP contribution < -0.4 is 24.2 Å². The quantitative estimate of drug-likeness (QED) is 0.229. The Morgan fingerprint density at radius 2 is 1.45 bits per heavy atom. The minimum Gasteiger partial charge on any atom is -0.493 e. The highest BCUT2D eigenvalue weighted by molar-refractivity contribution is 6.24. The lowest BCUT2D eigenvalue weighted by molar-refractivity contribution is -0.385. The molecule has 0 N–H and O–H groups in total. The Balaban J connectivity index is 1.65. The second kappa shape index (κ2) is 10.1. The highest BCUT2D eigenvalue weighted by Gasteiger charge is 2.61. The van der Waals surface area contributed by atoms with Crippen molar-refractivity contribution in [3.63, 3.8) is 0 Å². The fourth-order valence-corrected chi connectivity index (χ4v) is 5.03. The summed E-state index contributed by atoms with van der Waals surface area (Å²) in [6.45, 7) is 0. The van der Waals surface area contributed by atoms with E-state index in [1.807, 2.05) is 0 Å². The molecule has 0 aromatic heterocycles. The number of rotatable bonds is 8. The van der Waals surface area contributed by atoms with E-state index in [0.29, 0.717) is 11.3 Å². The minimum atomic E-state index is -1.30. The lowest BCUT2D eigenvalue weighted by atomic mass is 9.89. The van der Waals surface area contributed by atoms with Gasteiger partial charge in [0.05, 0.1) is 42.6 Å². The molecule has 0 radical (unpaired) electrons. The highest BCUT2D eigenvalue weighted by Crippen LogP contribution is 2.52. The Kier molecular flexibility index (Phi) is 6.69. The molecule has 0 bridgehead atoms. The normalized spacial score (nSPS) is 19.9. The molecule has 206 valence electrons. The van der Waals surface area contributed by atoms with Gasteiger partial charge in [-0.2, -0.15) is 0 Å². The second-order valence-corrected chi connectivity index (χ2v) is 8.81. The van der Waals surface area contributed by atoms with Crippen molar-refractivity contribution < 1.29 is 38.5 Å². The number of nitro groups is 2. The van der Waals surface area contributed by atoms with Crippen LogP contribution >= 0.6 is 0 Å². The highest BCUT2D eigenvalue weighted by atomic mass is 16.7. The minimum absolute atomic E-state index is 0.138. The number of amides is 2. The number of methoxy groups -OCH3 is 3. The van der Waals surface area contributed by atoms with Crippen molar-refractivity contribution in [1.82, 2.24) is 0 Å². The van der Waals surface area contributed by atoms with Gasteiger partial charge in [0.2, 0.25) is 11.7 Å². The summed E-state index contributed by atoms with van der Waals surface area (Å²) in [5.74, 6) is -1.65. The van der Waals surface area contributed by atoms with Crippen molar-refractivity contribution in [2.75, 3.05) is 31.3 Å². The summed E-state index contributed by atoms with van der Waals surface area (Å²) in [7, 11) is 4.26. The number of fused-ring (bicyclic) bond motifs is 1. The van der Waals surface area contributed by atoms with Crippen molar-refractivity contribution in [1.29, 1.82) is 0 Å². The Labute approximate surface area is 226 Å². The van der Waals surface area contributed by atoms with Gasteiger partial charge in [0, 0.05) is 29.8 Å². The van der Waals surface area contributed by atoms with Crippen LogP contribution in [0.25, 0.3) is 0 Å². The van der Waals surface area contributed by atoms with E-state index in [1.165, 1.54) is 68.9 Å². The van der Waals surface area contributed by atoms with E-state index < -0.39 is 39.7 Å². The predicted octanol–water partition coefficient (Wildman–Crippen LogP) is 3.58. The van der Waals surface area contributed by atoms with Crippen molar-refractivity contribution in [2.24, 2.45) is 5.92 Å². The molecule has 40 heavy (non-hydrogen) atoms. The maximum atomic E-state index is 13.9. The Morgan fingerprint density at radius 1 is 0.775 bits per heavy atom. The molecule has 3 aromatic carbocycles. The van der Waals surface area contributed by atoms with Crippen molar-refractivity contribution in [3.8, 4) is 17.2 Å². The number of benzene rings is 3. The van der Waals surface area contributed by atoms with Gasteiger partial charge in [-0.1, -0.05) is 6.07 Å². The first-order valence-electron chi connectivity index (χ1n) is 11.8. The summed E-state index contributed by atoms with van der Waals surface area (Å²) in [6.07, 6.45) is -1.30. The summed E-state index contributed by atoms with van der Waals surface area (Å²) < 4.78 is 16.5. The average Bonchev–Trinajstić information content (AvgIpc) is 3.47. The summed E-state index contributed by atoms with van der Waals surface area (Å²) >= 11 is 0. The summed E-state index contributed by atoms with van der Waals surface area (Å²) in [6, 6.07) is 12.8. The number of carbonyl (C=O) groups is 2. The topological polar surface area (TPSA) is 164 Å². The Bertz CT molecular complexity index is 1530. The van der Waals surface area contributed by atoms with Crippen LogP contribution in [0.1, 0.15) is 11.6 Å². The zero-order valence-corrected chi connectivity index (χ0v) is 21.4. The smallest absolute Gasteiger partial charge is 0.271 e. The van der Waals surface area contributed by atoms with E-state index in [1.54, 1.807) is 18.2 Å². The Morgan fingerprint density at radius 3 is 2.05 bits per heavy atom. The molecule has 2 aliphatic heterocycles. The molecule has 2 heterocycles. The van der Waals surface area contributed by atoms with E-state index in [0.717, 1.165) is 4.90 Å². The number of nitrogens with zero attached hydrogens (tertiary/aromatic N) is 4. The maximum absolute atomic E-state index is 13.9. The zero-order chi connectivity index (χ0) is 28.7. The molecule has 3 aromatic rings. The summed E-state index contributed by atoms with van der Waals surface area (Å²) in [4.78, 5) is 55.8. The molecule has 2 fully saturated rings. The number of carbonyl (C=O) groups excluding carboxylic acids is 2. The van der Waals surface area contributed by atoms with E-state index in [4.69, 9.17) is 19.0 Å². The molecule has 14 nitrogen and oxygen atoms in total. The third-order valence-electron chi connectivity index (χ3n) is 6.78. The van der Waals surface area contributed by atoms with E-state index in [2.05, 4.69) is 0 Å².